The zero-order chi connectivity index (χ0) is 36.0. The van der Waals surface area contributed by atoms with E-state index in [1.165, 1.54) is 0 Å². The summed E-state index contributed by atoms with van der Waals surface area (Å²) in [5.41, 5.74) is 7.78. The minimum absolute atomic E-state index is 0. The van der Waals surface area contributed by atoms with E-state index in [4.69, 9.17) is 12.1 Å². The summed E-state index contributed by atoms with van der Waals surface area (Å²) in [5.74, 6) is 7.71. The molecule has 0 aliphatic carbocycles. The Labute approximate surface area is 314 Å². The van der Waals surface area contributed by atoms with E-state index < -0.39 is 25.1 Å². The predicted octanol–water partition coefficient (Wildman–Crippen LogP) is 11.1. The number of hydrogen-bond acceptors (Lipinski definition) is 3. The van der Waals surface area contributed by atoms with Gasteiger partial charge >= 0.3 is 135 Å². The average molecular weight is 895 g/mol. The van der Waals surface area contributed by atoms with Gasteiger partial charge in [-0.2, -0.15) is 0 Å². The molecule has 0 spiro atoms. The van der Waals surface area contributed by atoms with Crippen molar-refractivity contribution in [3.8, 4) is 28.3 Å². The second-order valence-electron chi connectivity index (χ2n) is 14.3. The SMILES string of the molecule is [2H]C([2H])(c1cc(-c2[c-]cccc2)nc[c]1[Ge]([CH3])([CH3])[CH3])C(C)(C)C.[Ir].[c-]1cc2c(cc1-c1nc3ccccc3n1-c1ccccc1)oc1ccccc12. The minimum Gasteiger partial charge on any atom is -0.476 e. The second-order valence-corrected chi connectivity index (χ2v) is 24.9. The molecule has 50 heavy (non-hydrogen) atoms. The summed E-state index contributed by atoms with van der Waals surface area (Å²) in [6.45, 7) is 5.88. The molecule has 0 saturated carbocycles. The van der Waals surface area contributed by atoms with Crippen molar-refractivity contribution in [1.29, 1.82) is 0 Å². The molecule has 5 aromatic carbocycles. The topological polar surface area (TPSA) is 43.9 Å². The van der Waals surface area contributed by atoms with Crippen LogP contribution >= 0.6 is 0 Å². The fourth-order valence-corrected chi connectivity index (χ4v) is 9.02. The molecule has 0 aliphatic rings. The van der Waals surface area contributed by atoms with Gasteiger partial charge in [-0.05, 0) is 35.7 Å². The van der Waals surface area contributed by atoms with Gasteiger partial charge in [0.25, 0.3) is 0 Å². The van der Waals surface area contributed by atoms with Gasteiger partial charge in [0.1, 0.15) is 5.58 Å². The van der Waals surface area contributed by atoms with E-state index in [1.54, 1.807) is 0 Å². The maximum absolute atomic E-state index is 8.76. The Hall–Kier alpha value is -4.29. The molecule has 1 radical (unpaired) electrons. The van der Waals surface area contributed by atoms with E-state index in [-0.39, 0.29) is 20.1 Å². The summed E-state index contributed by atoms with van der Waals surface area (Å²) >= 11 is -2.24. The van der Waals surface area contributed by atoms with E-state index in [0.717, 1.165) is 71.3 Å². The predicted molar refractivity (Wildman–Crippen MR) is 207 cm³/mol. The Morgan fingerprint density at radius 3 is 2.24 bits per heavy atom. The van der Waals surface area contributed by atoms with Crippen molar-refractivity contribution in [3.63, 3.8) is 0 Å². The number of benzene rings is 5. The third kappa shape index (κ3) is 7.56. The Balaban J connectivity index is 0.000000179. The smallest absolute Gasteiger partial charge is 0.123 e. The molecule has 0 atom stereocenters. The summed E-state index contributed by atoms with van der Waals surface area (Å²) in [7, 11) is 0. The number of imidazole rings is 1. The summed E-state index contributed by atoms with van der Waals surface area (Å²) in [4.78, 5) is 9.53. The summed E-state index contributed by atoms with van der Waals surface area (Å²) < 4.78 is 26.9. The number of pyridine rings is 1. The van der Waals surface area contributed by atoms with Gasteiger partial charge in [0.2, 0.25) is 0 Å². The molecule has 0 fully saturated rings. The molecule has 8 rings (SSSR count). The first kappa shape index (κ1) is 32.9. The van der Waals surface area contributed by atoms with Crippen LogP contribution in [0.5, 0.6) is 0 Å². The molecular formula is C44H41GeIrN3O-2. The van der Waals surface area contributed by atoms with Crippen LogP contribution < -0.4 is 4.40 Å². The van der Waals surface area contributed by atoms with E-state index in [0.29, 0.717) is 0 Å². The summed E-state index contributed by atoms with van der Waals surface area (Å²) in [5, 5.41) is 2.18. The first-order chi connectivity index (χ1) is 24.3. The number of furan rings is 1. The molecule has 8 aromatic rings. The van der Waals surface area contributed by atoms with Crippen LogP contribution in [-0.2, 0) is 26.5 Å². The zero-order valence-electron chi connectivity index (χ0n) is 31.2. The molecule has 0 aliphatic heterocycles. The third-order valence-corrected chi connectivity index (χ3v) is 12.6. The maximum atomic E-state index is 8.76. The van der Waals surface area contributed by atoms with Crippen LogP contribution in [0.3, 0.4) is 0 Å². The molecule has 4 nitrogen and oxygen atoms in total. The molecule has 0 bridgehead atoms. The van der Waals surface area contributed by atoms with Crippen molar-refractivity contribution in [2.24, 2.45) is 5.41 Å². The normalized spacial score (nSPS) is 12.6. The van der Waals surface area contributed by atoms with Crippen LogP contribution in [0.4, 0.5) is 0 Å². The average Bonchev–Trinajstić information content (AvgIpc) is 3.70. The second kappa shape index (κ2) is 14.5. The van der Waals surface area contributed by atoms with E-state index >= 15 is 0 Å². The Morgan fingerprint density at radius 2 is 1.50 bits per heavy atom. The van der Waals surface area contributed by atoms with Gasteiger partial charge < -0.3 is 8.98 Å². The van der Waals surface area contributed by atoms with E-state index in [2.05, 4.69) is 63.2 Å². The Kier molecular flexibility index (Phi) is 9.55. The number of rotatable bonds is 5. The number of fused-ring (bicyclic) bond motifs is 4. The van der Waals surface area contributed by atoms with E-state index in [1.807, 2.05) is 124 Å². The molecule has 0 unspecified atom stereocenters. The fraction of sp³-hybridized carbons (Fsp3) is 0.182. The van der Waals surface area contributed by atoms with Crippen molar-refractivity contribution in [2.45, 2.75) is 44.4 Å². The molecule has 3 heterocycles. The number of nitrogens with zero attached hydrogens (tertiary/aromatic N) is 3. The quantitative estimate of drug-likeness (QED) is 0.128. The van der Waals surface area contributed by atoms with Crippen LogP contribution in [0.25, 0.3) is 61.3 Å². The Bertz CT molecular complexity index is 2480. The summed E-state index contributed by atoms with van der Waals surface area (Å²) in [6.07, 6.45) is 0.502. The van der Waals surface area contributed by atoms with Gasteiger partial charge in [-0.15, -0.1) is 17.7 Å². The number of hydrogen-bond donors (Lipinski definition) is 0. The van der Waals surface area contributed by atoms with Crippen LogP contribution in [0.15, 0.2) is 132 Å². The molecular weight excluding hydrogens is 851 g/mol. The Morgan fingerprint density at radius 1 is 0.780 bits per heavy atom. The first-order valence-electron chi connectivity index (χ1n) is 17.7. The third-order valence-electron chi connectivity index (χ3n) is 8.33. The van der Waals surface area contributed by atoms with Gasteiger partial charge in [-0.25, -0.2) is 0 Å². The van der Waals surface area contributed by atoms with Gasteiger partial charge in [-0.1, -0.05) is 60.0 Å². The maximum Gasteiger partial charge on any atom is 0.123 e. The first-order valence-corrected chi connectivity index (χ1v) is 24.0. The fourth-order valence-electron chi connectivity index (χ4n) is 6.10. The zero-order valence-corrected chi connectivity index (χ0v) is 33.7. The van der Waals surface area contributed by atoms with Crippen molar-refractivity contribution in [1.82, 2.24) is 14.5 Å². The van der Waals surface area contributed by atoms with Gasteiger partial charge in [0.15, 0.2) is 0 Å². The molecule has 0 amide bonds. The largest absolute Gasteiger partial charge is 0.476 e. The van der Waals surface area contributed by atoms with Gasteiger partial charge in [0.05, 0.1) is 22.4 Å². The van der Waals surface area contributed by atoms with Crippen molar-refractivity contribution in [3.05, 3.63) is 145 Å². The number of aromatic nitrogens is 3. The van der Waals surface area contributed by atoms with Gasteiger partial charge in [-0.3, -0.25) is 4.98 Å². The van der Waals surface area contributed by atoms with Crippen LogP contribution in [0, 0.1) is 17.5 Å². The van der Waals surface area contributed by atoms with Crippen molar-refractivity contribution < 1.29 is 27.3 Å². The van der Waals surface area contributed by atoms with E-state index in [9.17, 15) is 0 Å². The van der Waals surface area contributed by atoms with Gasteiger partial charge in [0, 0.05) is 25.8 Å². The molecule has 0 saturated heterocycles. The van der Waals surface area contributed by atoms with Crippen LogP contribution in [0.1, 0.15) is 29.1 Å². The number of para-hydroxylation sites is 4. The summed E-state index contributed by atoms with van der Waals surface area (Å²) in [6, 6.07) is 46.9. The van der Waals surface area contributed by atoms with Crippen LogP contribution in [0.2, 0.25) is 17.3 Å². The molecule has 253 valence electrons. The van der Waals surface area contributed by atoms with Crippen LogP contribution in [-0.4, -0.2) is 27.8 Å². The molecule has 3 aromatic heterocycles. The van der Waals surface area contributed by atoms with Crippen molar-refractivity contribution in [2.75, 3.05) is 0 Å². The monoisotopic (exact) mass is 896 g/mol. The standard InChI is InChI=1S/C25H15N2O.C19H26GeN.Ir/c1-2-8-18(9-3-1)27-22-12-6-5-11-21(22)26-25(27)17-14-15-20-19-10-4-7-13-23(19)28-24(20)16-17;1-19(2,3)13-16-12-18(15-10-8-7-9-11-15)21-14-17(16)20(4,5)6;/h1-13,15-16H;7-10,12,14H,13H2,1-6H3;/q2*-1;/i;13D2;. The minimum atomic E-state index is -2.24. The molecule has 6 heteroatoms. The van der Waals surface area contributed by atoms with Crippen molar-refractivity contribution >= 4 is 50.6 Å². The molecule has 0 N–H and O–H groups in total.